The van der Waals surface area contributed by atoms with Crippen LogP contribution in [0.1, 0.15) is 26.7 Å². The molecule has 0 amide bonds. The van der Waals surface area contributed by atoms with Gasteiger partial charge in [-0.3, -0.25) is 0 Å². The molecular weight excluding hydrogens is 164 g/mol. The van der Waals surface area contributed by atoms with Crippen molar-refractivity contribution in [3.05, 3.63) is 0 Å². The van der Waals surface area contributed by atoms with Gasteiger partial charge in [0.15, 0.2) is 0 Å². The molecule has 0 aromatic rings. The first-order valence-corrected chi connectivity index (χ1v) is 5.12. The Morgan fingerprint density at radius 3 is 2.69 bits per heavy atom. The maximum Gasteiger partial charge on any atom is 0.0712 e. The molecule has 13 heavy (non-hydrogen) atoms. The van der Waals surface area contributed by atoms with Crippen LogP contribution >= 0.6 is 0 Å². The number of likely N-dealkylation sites (tertiary alicyclic amines) is 1. The number of nitrogens with zero attached hydrogens (tertiary/aromatic N) is 1. The van der Waals surface area contributed by atoms with Crippen molar-refractivity contribution in [2.75, 3.05) is 20.1 Å². The molecule has 0 bridgehead atoms. The van der Waals surface area contributed by atoms with Gasteiger partial charge >= 0.3 is 0 Å². The van der Waals surface area contributed by atoms with Crippen molar-refractivity contribution < 1.29 is 5.11 Å². The second-order valence-electron chi connectivity index (χ2n) is 4.54. The fourth-order valence-corrected chi connectivity index (χ4v) is 2.25. The van der Waals surface area contributed by atoms with Crippen molar-refractivity contribution in [2.45, 2.75) is 38.3 Å². The van der Waals surface area contributed by atoms with Crippen LogP contribution in [0.4, 0.5) is 0 Å². The molecule has 1 fully saturated rings. The average molecular weight is 186 g/mol. The summed E-state index contributed by atoms with van der Waals surface area (Å²) in [4.78, 5) is 2.30. The Balaban J connectivity index is 2.64. The molecule has 0 radical (unpaired) electrons. The zero-order chi connectivity index (χ0) is 10.1. The molecule has 3 nitrogen and oxygen atoms in total. The van der Waals surface area contributed by atoms with E-state index in [2.05, 4.69) is 25.8 Å². The minimum atomic E-state index is -0.527. The van der Waals surface area contributed by atoms with Crippen molar-refractivity contribution in [1.82, 2.24) is 4.90 Å². The molecule has 1 rings (SSSR count). The summed E-state index contributed by atoms with van der Waals surface area (Å²) in [6, 6.07) is 0.466. The number of hydrogen-bond donors (Lipinski definition) is 2. The Morgan fingerprint density at radius 1 is 1.54 bits per heavy atom. The second kappa shape index (κ2) is 3.95. The largest absolute Gasteiger partial charge is 0.389 e. The Kier molecular flexibility index (Phi) is 3.33. The van der Waals surface area contributed by atoms with Gasteiger partial charge in [0, 0.05) is 12.6 Å². The molecule has 1 heterocycles. The minimum Gasteiger partial charge on any atom is -0.389 e. The van der Waals surface area contributed by atoms with Gasteiger partial charge in [-0.25, -0.2) is 0 Å². The molecule has 0 saturated carbocycles. The molecule has 1 aliphatic heterocycles. The van der Waals surface area contributed by atoms with Crippen LogP contribution in [0.15, 0.2) is 0 Å². The summed E-state index contributed by atoms with van der Waals surface area (Å²) in [7, 11) is 2.11. The first kappa shape index (κ1) is 11.0. The van der Waals surface area contributed by atoms with E-state index < -0.39 is 5.60 Å². The molecular formula is C10H22N2O. The monoisotopic (exact) mass is 186 g/mol. The molecule has 0 spiro atoms. The molecule has 0 aromatic heterocycles. The molecule has 1 saturated heterocycles. The molecule has 3 atom stereocenters. The van der Waals surface area contributed by atoms with Gasteiger partial charge in [0.05, 0.1) is 5.60 Å². The number of hydrogen-bond acceptors (Lipinski definition) is 3. The van der Waals surface area contributed by atoms with E-state index in [-0.39, 0.29) is 0 Å². The Hall–Kier alpha value is -0.120. The van der Waals surface area contributed by atoms with Gasteiger partial charge in [-0.15, -0.1) is 0 Å². The van der Waals surface area contributed by atoms with Crippen molar-refractivity contribution in [3.8, 4) is 0 Å². The van der Waals surface area contributed by atoms with Crippen molar-refractivity contribution >= 4 is 0 Å². The molecule has 78 valence electrons. The third-order valence-corrected chi connectivity index (χ3v) is 3.46. The number of nitrogens with two attached hydrogens (primary N) is 1. The smallest absolute Gasteiger partial charge is 0.0712 e. The zero-order valence-corrected chi connectivity index (χ0v) is 8.95. The number of rotatable bonds is 2. The van der Waals surface area contributed by atoms with E-state index in [0.717, 1.165) is 19.4 Å². The lowest BCUT2D eigenvalue weighted by Gasteiger charge is -2.45. The van der Waals surface area contributed by atoms with Gasteiger partial charge in [-0.2, -0.15) is 0 Å². The van der Waals surface area contributed by atoms with Crippen molar-refractivity contribution in [3.63, 3.8) is 0 Å². The lowest BCUT2D eigenvalue weighted by Crippen LogP contribution is -2.54. The second-order valence-corrected chi connectivity index (χ2v) is 4.54. The van der Waals surface area contributed by atoms with E-state index in [9.17, 15) is 5.11 Å². The van der Waals surface area contributed by atoms with Gasteiger partial charge in [-0.05, 0) is 39.3 Å². The molecule has 0 unspecified atom stereocenters. The molecule has 3 heteroatoms. The third-order valence-electron chi connectivity index (χ3n) is 3.46. The van der Waals surface area contributed by atoms with Crippen LogP contribution in [-0.2, 0) is 0 Å². The topological polar surface area (TPSA) is 49.5 Å². The van der Waals surface area contributed by atoms with Crippen LogP contribution in [0.2, 0.25) is 0 Å². The van der Waals surface area contributed by atoms with Gasteiger partial charge in [0.1, 0.15) is 0 Å². The average Bonchev–Trinajstić information content (AvgIpc) is 2.02. The first-order valence-electron chi connectivity index (χ1n) is 5.12. The highest BCUT2D eigenvalue weighted by atomic mass is 16.3. The van der Waals surface area contributed by atoms with Gasteiger partial charge in [-0.1, -0.05) is 6.92 Å². The van der Waals surface area contributed by atoms with Crippen LogP contribution < -0.4 is 5.73 Å². The third kappa shape index (κ3) is 2.22. The van der Waals surface area contributed by atoms with E-state index in [1.54, 1.807) is 0 Å². The first-order chi connectivity index (χ1) is 5.99. The molecule has 1 aliphatic rings. The Morgan fingerprint density at radius 2 is 2.15 bits per heavy atom. The lowest BCUT2D eigenvalue weighted by atomic mass is 9.77. The summed E-state index contributed by atoms with van der Waals surface area (Å²) in [5, 5.41) is 10.3. The predicted octanol–water partition coefficient (Wildman–Crippen LogP) is 0.426. The van der Waals surface area contributed by atoms with Crippen molar-refractivity contribution in [2.24, 2.45) is 11.7 Å². The van der Waals surface area contributed by atoms with Crippen LogP contribution in [0.3, 0.4) is 0 Å². The van der Waals surface area contributed by atoms with E-state index in [1.807, 2.05) is 0 Å². The SMILES string of the molecule is C[C@@H]1C[C@](O)(CCN)[C@H](C)CN1C. The lowest BCUT2D eigenvalue weighted by molar-refractivity contribution is -0.0819. The highest BCUT2D eigenvalue weighted by Gasteiger charge is 2.39. The maximum absolute atomic E-state index is 10.3. The standard InChI is InChI=1S/C10H22N2O/c1-8-7-12(3)9(2)6-10(8,13)4-5-11/h8-9,13H,4-7,11H2,1-3H3/t8-,9-,10-/m1/s1. The fraction of sp³-hybridized carbons (Fsp3) is 1.00. The minimum absolute atomic E-state index is 0.331. The van der Waals surface area contributed by atoms with E-state index in [0.29, 0.717) is 18.5 Å². The van der Waals surface area contributed by atoms with Crippen LogP contribution in [0.5, 0.6) is 0 Å². The number of piperidine rings is 1. The Labute approximate surface area is 80.9 Å². The quantitative estimate of drug-likeness (QED) is 0.657. The van der Waals surface area contributed by atoms with E-state index >= 15 is 0 Å². The zero-order valence-electron chi connectivity index (χ0n) is 8.95. The van der Waals surface area contributed by atoms with Gasteiger partial charge in [0.25, 0.3) is 0 Å². The molecule has 0 aliphatic carbocycles. The fourth-order valence-electron chi connectivity index (χ4n) is 2.25. The summed E-state index contributed by atoms with van der Waals surface area (Å²) in [6.07, 6.45) is 1.58. The summed E-state index contributed by atoms with van der Waals surface area (Å²) in [6.45, 7) is 5.82. The highest BCUT2D eigenvalue weighted by Crippen LogP contribution is 2.32. The van der Waals surface area contributed by atoms with Crippen LogP contribution in [-0.4, -0.2) is 41.8 Å². The van der Waals surface area contributed by atoms with Crippen LogP contribution in [0.25, 0.3) is 0 Å². The van der Waals surface area contributed by atoms with Crippen molar-refractivity contribution in [1.29, 1.82) is 0 Å². The summed E-state index contributed by atoms with van der Waals surface area (Å²) < 4.78 is 0. The Bertz CT molecular complexity index is 174. The van der Waals surface area contributed by atoms with E-state index in [1.165, 1.54) is 0 Å². The molecule has 0 aromatic carbocycles. The summed E-state index contributed by atoms with van der Waals surface area (Å²) in [5.41, 5.74) is 4.99. The summed E-state index contributed by atoms with van der Waals surface area (Å²) >= 11 is 0. The van der Waals surface area contributed by atoms with Gasteiger partial charge in [0.2, 0.25) is 0 Å². The van der Waals surface area contributed by atoms with Gasteiger partial charge < -0.3 is 15.7 Å². The molecule has 3 N–H and O–H groups in total. The van der Waals surface area contributed by atoms with E-state index in [4.69, 9.17) is 5.73 Å². The normalized spacial score (nSPS) is 42.2. The predicted molar refractivity (Wildman–Crippen MR) is 54.5 cm³/mol. The maximum atomic E-state index is 10.3. The summed E-state index contributed by atoms with van der Waals surface area (Å²) in [5.74, 6) is 0.331. The highest BCUT2D eigenvalue weighted by molar-refractivity contribution is 4.93. The van der Waals surface area contributed by atoms with Crippen LogP contribution in [0, 0.1) is 5.92 Å². The number of aliphatic hydroxyl groups is 1.